The maximum Gasteiger partial charge on any atom is 0.435 e. The number of aromatic nitrogens is 3. The zero-order chi connectivity index (χ0) is 23.3. The van der Waals surface area contributed by atoms with Gasteiger partial charge < -0.3 is 14.5 Å². The first-order valence-electron chi connectivity index (χ1n) is 10.4. The maximum absolute atomic E-state index is 12.7. The number of fused-ring (bicyclic) bond motifs is 2. The van der Waals surface area contributed by atoms with E-state index in [1.807, 2.05) is 77.3 Å². The topological polar surface area (TPSA) is 86.2 Å². The van der Waals surface area contributed by atoms with Gasteiger partial charge in [-0.15, -0.1) is 11.3 Å². The van der Waals surface area contributed by atoms with Crippen molar-refractivity contribution in [2.24, 2.45) is 5.41 Å². The van der Waals surface area contributed by atoms with E-state index >= 15 is 0 Å². The maximum atomic E-state index is 12.7. The number of nitrogens with zero attached hydrogens (tertiary/aromatic N) is 2. The van der Waals surface area contributed by atoms with Crippen molar-refractivity contribution in [2.75, 3.05) is 0 Å². The van der Waals surface area contributed by atoms with E-state index in [9.17, 15) is 9.59 Å². The average Bonchev–Trinajstić information content (AvgIpc) is 3.37. The predicted octanol–water partition coefficient (Wildman–Crippen LogP) is 6.12. The van der Waals surface area contributed by atoms with Gasteiger partial charge in [-0.2, -0.15) is 9.78 Å². The van der Waals surface area contributed by atoms with Crippen molar-refractivity contribution in [1.29, 1.82) is 0 Å². The summed E-state index contributed by atoms with van der Waals surface area (Å²) in [5, 5.41) is 7.46. The van der Waals surface area contributed by atoms with Crippen LogP contribution >= 0.6 is 11.3 Å². The SMILES string of the molecule is CC(C)(C)OC(=O)n1nc(-c2cc3cc(COC(=O)C(C)(C)C)ccc3[nH]2)c2sccc21. The van der Waals surface area contributed by atoms with Crippen molar-refractivity contribution in [3.63, 3.8) is 0 Å². The number of hydrogen-bond acceptors (Lipinski definition) is 6. The van der Waals surface area contributed by atoms with Crippen molar-refractivity contribution in [3.05, 3.63) is 41.3 Å². The lowest BCUT2D eigenvalue weighted by atomic mass is 9.97. The Labute approximate surface area is 190 Å². The molecule has 0 atom stereocenters. The quantitative estimate of drug-likeness (QED) is 0.378. The van der Waals surface area contributed by atoms with E-state index in [2.05, 4.69) is 10.1 Å². The summed E-state index contributed by atoms with van der Waals surface area (Å²) in [6.45, 7) is 11.2. The second kappa shape index (κ2) is 7.78. The normalized spacial score (nSPS) is 12.4. The molecular weight excluding hydrogens is 426 g/mol. The van der Waals surface area contributed by atoms with Crippen molar-refractivity contribution in [1.82, 2.24) is 14.8 Å². The molecule has 3 aromatic heterocycles. The zero-order valence-corrected chi connectivity index (χ0v) is 19.9. The van der Waals surface area contributed by atoms with Crippen molar-refractivity contribution in [2.45, 2.75) is 53.8 Å². The highest BCUT2D eigenvalue weighted by atomic mass is 32.1. The van der Waals surface area contributed by atoms with Gasteiger partial charge in [0.25, 0.3) is 0 Å². The fourth-order valence-corrected chi connectivity index (χ4v) is 4.10. The number of esters is 1. The first-order chi connectivity index (χ1) is 14.9. The second-order valence-corrected chi connectivity index (χ2v) is 10.7. The number of H-pyrrole nitrogens is 1. The summed E-state index contributed by atoms with van der Waals surface area (Å²) in [7, 11) is 0. The standard InChI is InChI=1S/C24H27N3O4S/c1-23(2,3)21(28)30-13-14-7-8-16-15(11-14)12-17(25-16)19-20-18(9-10-32-20)27(26-19)22(29)31-24(4,5)6/h7-12,25H,13H2,1-6H3. The van der Waals surface area contributed by atoms with E-state index in [1.54, 1.807) is 0 Å². The number of thiophene rings is 1. The largest absolute Gasteiger partial charge is 0.460 e. The number of ether oxygens (including phenoxy) is 2. The highest BCUT2D eigenvalue weighted by molar-refractivity contribution is 7.17. The van der Waals surface area contributed by atoms with Gasteiger partial charge in [-0.3, -0.25) is 4.79 Å². The van der Waals surface area contributed by atoms with Crippen LogP contribution < -0.4 is 0 Å². The van der Waals surface area contributed by atoms with Crippen LogP contribution in [0, 0.1) is 5.41 Å². The number of carbonyl (C=O) groups is 2. The first kappa shape index (κ1) is 22.1. The van der Waals surface area contributed by atoms with E-state index in [1.165, 1.54) is 16.0 Å². The average molecular weight is 454 g/mol. The predicted molar refractivity (Wildman–Crippen MR) is 126 cm³/mol. The molecule has 4 rings (SSSR count). The monoisotopic (exact) mass is 453 g/mol. The van der Waals surface area contributed by atoms with E-state index in [4.69, 9.17) is 9.47 Å². The Morgan fingerprint density at radius 3 is 2.53 bits per heavy atom. The number of benzene rings is 1. The second-order valence-electron chi connectivity index (χ2n) is 9.81. The molecule has 0 aliphatic rings. The molecule has 0 fully saturated rings. The van der Waals surface area contributed by atoms with Crippen LogP contribution in [0.2, 0.25) is 0 Å². The Balaban J connectivity index is 1.65. The zero-order valence-electron chi connectivity index (χ0n) is 19.1. The minimum atomic E-state index is -0.612. The van der Waals surface area contributed by atoms with E-state index in [0.717, 1.165) is 26.9 Å². The fourth-order valence-electron chi connectivity index (χ4n) is 3.23. The number of aromatic amines is 1. The molecular formula is C24H27N3O4S. The molecule has 0 unspecified atom stereocenters. The summed E-state index contributed by atoms with van der Waals surface area (Å²) in [4.78, 5) is 28.1. The Morgan fingerprint density at radius 2 is 1.84 bits per heavy atom. The lowest BCUT2D eigenvalue weighted by Crippen LogP contribution is -2.27. The minimum absolute atomic E-state index is 0.217. The van der Waals surface area contributed by atoms with Gasteiger partial charge in [0.1, 0.15) is 17.9 Å². The molecule has 0 saturated carbocycles. The van der Waals surface area contributed by atoms with Gasteiger partial charge in [-0.1, -0.05) is 6.07 Å². The summed E-state index contributed by atoms with van der Waals surface area (Å²) in [5.41, 5.74) is 2.90. The molecule has 7 nitrogen and oxygen atoms in total. The van der Waals surface area contributed by atoms with E-state index in [0.29, 0.717) is 11.2 Å². The summed E-state index contributed by atoms with van der Waals surface area (Å²) in [6.07, 6.45) is -0.508. The summed E-state index contributed by atoms with van der Waals surface area (Å²) >= 11 is 1.52. The van der Waals surface area contributed by atoms with Gasteiger partial charge in [0, 0.05) is 10.9 Å². The van der Waals surface area contributed by atoms with Crippen molar-refractivity contribution >= 4 is 44.5 Å². The smallest absolute Gasteiger partial charge is 0.435 e. The minimum Gasteiger partial charge on any atom is -0.460 e. The van der Waals surface area contributed by atoms with Crippen molar-refractivity contribution in [3.8, 4) is 11.4 Å². The van der Waals surface area contributed by atoms with E-state index in [-0.39, 0.29) is 12.6 Å². The van der Waals surface area contributed by atoms with Gasteiger partial charge in [0.2, 0.25) is 0 Å². The Kier molecular flexibility index (Phi) is 5.36. The molecule has 168 valence electrons. The van der Waals surface area contributed by atoms with Gasteiger partial charge in [0.05, 0.1) is 21.3 Å². The van der Waals surface area contributed by atoms with Crippen LogP contribution in [0.1, 0.15) is 47.1 Å². The number of nitrogens with one attached hydrogen (secondary N) is 1. The van der Waals surface area contributed by atoms with Crippen LogP contribution in [0.4, 0.5) is 4.79 Å². The number of rotatable bonds is 3. The summed E-state index contributed by atoms with van der Waals surface area (Å²) in [6, 6.07) is 9.73. The third-order valence-electron chi connectivity index (χ3n) is 4.78. The van der Waals surface area contributed by atoms with Gasteiger partial charge >= 0.3 is 12.1 Å². The van der Waals surface area contributed by atoms with Crippen LogP contribution in [-0.4, -0.2) is 32.4 Å². The van der Waals surface area contributed by atoms with Crippen LogP contribution in [0.25, 0.3) is 32.5 Å². The third kappa shape index (κ3) is 4.41. The van der Waals surface area contributed by atoms with Crippen LogP contribution in [-0.2, 0) is 20.9 Å². The van der Waals surface area contributed by atoms with Gasteiger partial charge in [-0.05, 0) is 76.8 Å². The highest BCUT2D eigenvalue weighted by Crippen LogP contribution is 2.34. The van der Waals surface area contributed by atoms with Crippen LogP contribution in [0.5, 0.6) is 0 Å². The molecule has 8 heteroatoms. The molecule has 3 heterocycles. The third-order valence-corrected chi connectivity index (χ3v) is 5.69. The first-order valence-corrected chi connectivity index (χ1v) is 11.3. The molecule has 0 radical (unpaired) electrons. The Morgan fingerprint density at radius 1 is 1.09 bits per heavy atom. The number of hydrogen-bond donors (Lipinski definition) is 1. The number of carbonyl (C=O) groups excluding carboxylic acids is 2. The molecule has 1 aromatic carbocycles. The van der Waals surface area contributed by atoms with Gasteiger partial charge in [0.15, 0.2) is 0 Å². The molecule has 0 saturated heterocycles. The molecule has 0 aliphatic heterocycles. The molecule has 0 spiro atoms. The lowest BCUT2D eigenvalue weighted by molar-refractivity contribution is -0.154. The molecule has 0 bridgehead atoms. The van der Waals surface area contributed by atoms with Crippen LogP contribution in [0.3, 0.4) is 0 Å². The fraction of sp³-hybridized carbons (Fsp3) is 0.375. The Hall–Kier alpha value is -3.13. The lowest BCUT2D eigenvalue weighted by Gasteiger charge is -2.18. The molecule has 0 aliphatic carbocycles. The Bertz CT molecular complexity index is 1310. The van der Waals surface area contributed by atoms with E-state index < -0.39 is 17.1 Å². The van der Waals surface area contributed by atoms with Gasteiger partial charge in [-0.25, -0.2) is 4.79 Å². The summed E-state index contributed by atoms with van der Waals surface area (Å²) < 4.78 is 13.2. The molecule has 4 aromatic rings. The van der Waals surface area contributed by atoms with Crippen LogP contribution in [0.15, 0.2) is 35.7 Å². The molecule has 0 amide bonds. The molecule has 1 N–H and O–H groups in total. The molecule has 32 heavy (non-hydrogen) atoms. The highest BCUT2D eigenvalue weighted by Gasteiger charge is 2.25. The summed E-state index contributed by atoms with van der Waals surface area (Å²) in [5.74, 6) is -0.236. The van der Waals surface area contributed by atoms with Crippen molar-refractivity contribution < 1.29 is 19.1 Å².